The first-order chi connectivity index (χ1) is 52.1. The lowest BCUT2D eigenvalue weighted by atomic mass is 9.79. The van der Waals surface area contributed by atoms with Crippen LogP contribution < -0.4 is 0 Å². The summed E-state index contributed by atoms with van der Waals surface area (Å²) in [5, 5.41) is 10.4. The Morgan fingerprint density at radius 2 is 0.849 bits per heavy atom. The second kappa shape index (κ2) is 23.0. The Kier molecular flexibility index (Phi) is 13.3. The molecule has 6 nitrogen and oxygen atoms in total. The van der Waals surface area contributed by atoms with Crippen molar-refractivity contribution in [3.63, 3.8) is 0 Å². The highest BCUT2D eigenvalue weighted by Crippen LogP contribution is 2.61. The van der Waals surface area contributed by atoms with Gasteiger partial charge in [-0.15, -0.1) is 22.7 Å². The molecule has 8 heteroatoms. The minimum absolute atomic E-state index is 0.242. The summed E-state index contributed by atoms with van der Waals surface area (Å²) in [6.07, 6.45) is 6.83. The molecule has 0 radical (unpaired) electrons. The van der Waals surface area contributed by atoms with Crippen LogP contribution in [0.15, 0.2) is 309 Å². The van der Waals surface area contributed by atoms with Crippen LogP contribution in [0.25, 0.3) is 191 Å². The van der Waals surface area contributed by atoms with E-state index in [1.807, 2.05) is 59.1 Å². The first-order valence-electron chi connectivity index (χ1n) is 36.7. The molecule has 0 aliphatic heterocycles. The number of nitrogens with zero attached hydrogens (tertiary/aromatic N) is 6. The zero-order valence-electron chi connectivity index (χ0n) is 58.8. The summed E-state index contributed by atoms with van der Waals surface area (Å²) in [5.74, 6) is 1.91. The molecule has 500 valence electrons. The third-order valence-electron chi connectivity index (χ3n) is 23.1. The third kappa shape index (κ3) is 8.95. The summed E-state index contributed by atoms with van der Waals surface area (Å²) < 4.78 is 10.5. The van der Waals surface area contributed by atoms with Crippen LogP contribution >= 0.6 is 22.7 Å². The molecule has 3 aliphatic rings. The van der Waals surface area contributed by atoms with Crippen molar-refractivity contribution in [2.24, 2.45) is 0 Å². The SMILES string of the molecule is CC1(C)C2=C(CCC=C2)c2c1c1c(c3ccccc3n1-c1cccc(-c3nc(-c4ccccc4)nc(-c4ccccc4)n3)c1)c1c2sc2cc(-c3cccc(-c4cc(-c5ccc(-n6c7ccccc7c7c8c(sc9ccccc98)c8c(c76)C(C)(C)c6ccccc6-8)cc5)cc(-c5ccccc5)n4)c3)ccc21. The Morgan fingerprint density at radius 3 is 1.55 bits per heavy atom. The zero-order chi connectivity index (χ0) is 70.3. The predicted octanol–water partition coefficient (Wildman–Crippen LogP) is 26.6. The number of hydrogen-bond donors (Lipinski definition) is 0. The fraction of sp³-hybridized carbons (Fsp3) is 0.0816. The van der Waals surface area contributed by atoms with Crippen molar-refractivity contribution in [2.45, 2.75) is 51.4 Å². The Labute approximate surface area is 620 Å². The van der Waals surface area contributed by atoms with Crippen LogP contribution in [0.5, 0.6) is 0 Å². The van der Waals surface area contributed by atoms with E-state index in [0.29, 0.717) is 17.5 Å². The van der Waals surface area contributed by atoms with E-state index < -0.39 is 0 Å². The van der Waals surface area contributed by atoms with Crippen molar-refractivity contribution in [3.05, 3.63) is 331 Å². The highest BCUT2D eigenvalue weighted by molar-refractivity contribution is 7.27. The van der Waals surface area contributed by atoms with Crippen LogP contribution in [-0.4, -0.2) is 29.1 Å². The number of hydrogen-bond acceptors (Lipinski definition) is 6. The molecule has 3 aliphatic carbocycles. The Bertz CT molecular complexity index is 6990. The van der Waals surface area contributed by atoms with Gasteiger partial charge >= 0.3 is 0 Å². The quantitative estimate of drug-likeness (QED) is 0.144. The highest BCUT2D eigenvalue weighted by Gasteiger charge is 2.44. The number of para-hydroxylation sites is 2. The molecule has 13 aromatic carbocycles. The zero-order valence-corrected chi connectivity index (χ0v) is 60.4. The number of pyridine rings is 1. The Hall–Kier alpha value is -12.5. The van der Waals surface area contributed by atoms with Gasteiger partial charge in [-0.05, 0) is 135 Å². The van der Waals surface area contributed by atoms with Crippen LogP contribution in [0.4, 0.5) is 0 Å². The fourth-order valence-electron chi connectivity index (χ4n) is 18.4. The van der Waals surface area contributed by atoms with Crippen molar-refractivity contribution in [1.29, 1.82) is 0 Å². The third-order valence-corrected chi connectivity index (χ3v) is 25.5. The summed E-state index contributed by atoms with van der Waals surface area (Å²) >= 11 is 3.90. The van der Waals surface area contributed by atoms with E-state index in [-0.39, 0.29) is 10.8 Å². The average molecular weight is 1390 g/mol. The molecule has 0 spiro atoms. The van der Waals surface area contributed by atoms with Gasteiger partial charge < -0.3 is 9.13 Å². The van der Waals surface area contributed by atoms with Gasteiger partial charge in [0.15, 0.2) is 17.5 Å². The smallest absolute Gasteiger partial charge is 0.164 e. The minimum atomic E-state index is -0.286. The first-order valence-corrected chi connectivity index (χ1v) is 38.4. The van der Waals surface area contributed by atoms with Crippen molar-refractivity contribution < 1.29 is 0 Å². The number of aromatic nitrogens is 6. The van der Waals surface area contributed by atoms with E-state index in [4.69, 9.17) is 19.9 Å². The molecular weight excluding hydrogens is 1330 g/mol. The van der Waals surface area contributed by atoms with Crippen LogP contribution in [0, 0.1) is 0 Å². The van der Waals surface area contributed by atoms with Crippen LogP contribution in [0.2, 0.25) is 0 Å². The average Bonchev–Trinajstić information content (AvgIpc) is 1.51. The number of rotatable bonds is 9. The molecule has 0 fully saturated rings. The van der Waals surface area contributed by atoms with Gasteiger partial charge in [-0.3, -0.25) is 0 Å². The normalized spacial score (nSPS) is 14.2. The molecule has 0 saturated heterocycles. The van der Waals surface area contributed by atoms with Gasteiger partial charge in [0.1, 0.15) is 0 Å². The summed E-state index contributed by atoms with van der Waals surface area (Å²) in [6.45, 7) is 9.77. The maximum absolute atomic E-state index is 5.53. The molecule has 6 aromatic heterocycles. The topological polar surface area (TPSA) is 61.4 Å². The van der Waals surface area contributed by atoms with Crippen LogP contribution in [0.1, 0.15) is 62.8 Å². The number of benzene rings is 13. The lowest BCUT2D eigenvalue weighted by Gasteiger charge is -2.26. The van der Waals surface area contributed by atoms with Gasteiger partial charge in [0, 0.05) is 123 Å². The van der Waals surface area contributed by atoms with Crippen LogP contribution in [-0.2, 0) is 10.8 Å². The molecule has 0 saturated carbocycles. The van der Waals surface area contributed by atoms with Gasteiger partial charge in [-0.25, -0.2) is 19.9 Å². The van der Waals surface area contributed by atoms with Gasteiger partial charge in [0.25, 0.3) is 0 Å². The second-order valence-electron chi connectivity index (χ2n) is 29.8. The molecule has 0 unspecified atom stereocenters. The summed E-state index contributed by atoms with van der Waals surface area (Å²) in [5.41, 5.74) is 29.1. The van der Waals surface area contributed by atoms with Crippen molar-refractivity contribution in [3.8, 4) is 101 Å². The van der Waals surface area contributed by atoms with E-state index >= 15 is 0 Å². The molecule has 0 amide bonds. The summed E-state index contributed by atoms with van der Waals surface area (Å²) in [7, 11) is 0. The van der Waals surface area contributed by atoms with Gasteiger partial charge in [0.2, 0.25) is 0 Å². The van der Waals surface area contributed by atoms with E-state index in [0.717, 1.165) is 85.6 Å². The fourth-order valence-corrected chi connectivity index (χ4v) is 21.0. The molecule has 0 atom stereocenters. The monoisotopic (exact) mass is 1390 g/mol. The largest absolute Gasteiger partial charge is 0.309 e. The molecule has 22 rings (SSSR count). The molecule has 106 heavy (non-hydrogen) atoms. The molecule has 0 N–H and O–H groups in total. The number of fused-ring (bicyclic) bond motifs is 23. The maximum atomic E-state index is 5.53. The van der Waals surface area contributed by atoms with E-state index in [9.17, 15) is 0 Å². The number of thiophene rings is 2. The predicted molar refractivity (Wildman–Crippen MR) is 446 cm³/mol. The minimum Gasteiger partial charge on any atom is -0.309 e. The standard InChI is InChI=1S/C98H66N6S2/c1-97(2)74-41-19-14-36-68(74)86-88(97)90-82(84-72-40-18-23-45-80(72)105-92(84)86)70-38-16-21-43-78(70)103(90)66-49-46-57(47-50-66)65-54-76(58-26-8-5-9-27-58)99-77(55-65)63-33-24-32-61(52-63)62-48-51-73-81(56-62)106-93-85(73)83-71-39-17-22-44-79(71)104(91(83)89-87(93)69-37-15-20-42-75(69)98(89,3)4)67-35-25-34-64(53-67)96-101-94(59-28-10-6-11-29-59)100-95(102-96)60-30-12-7-13-31-60/h5-14,16-36,38-56H,15,37H2,1-4H3. The lowest BCUT2D eigenvalue weighted by molar-refractivity contribution is 0.655. The van der Waals surface area contributed by atoms with E-state index in [1.54, 1.807) is 0 Å². The second-order valence-corrected chi connectivity index (χ2v) is 31.9. The molecule has 19 aromatic rings. The van der Waals surface area contributed by atoms with Gasteiger partial charge in [-0.2, -0.15) is 0 Å². The molecule has 0 bridgehead atoms. The molecule has 6 heterocycles. The van der Waals surface area contributed by atoms with Gasteiger partial charge in [-0.1, -0.05) is 264 Å². The summed E-state index contributed by atoms with van der Waals surface area (Å²) in [6, 6.07) is 106. The maximum Gasteiger partial charge on any atom is 0.164 e. The van der Waals surface area contributed by atoms with Crippen LogP contribution in [0.3, 0.4) is 0 Å². The van der Waals surface area contributed by atoms with Crippen molar-refractivity contribution in [1.82, 2.24) is 29.1 Å². The highest BCUT2D eigenvalue weighted by atomic mass is 32.1. The van der Waals surface area contributed by atoms with Crippen molar-refractivity contribution >= 4 is 112 Å². The van der Waals surface area contributed by atoms with Gasteiger partial charge in [0.05, 0.1) is 33.5 Å². The first kappa shape index (κ1) is 61.1. The van der Waals surface area contributed by atoms with E-state index in [1.165, 1.54) is 129 Å². The Balaban J connectivity index is 0.680. The Morgan fingerprint density at radius 1 is 0.340 bits per heavy atom. The number of allylic oxidation sites excluding steroid dienone is 4. The summed E-state index contributed by atoms with van der Waals surface area (Å²) in [4.78, 5) is 21.0. The molecular formula is C98H66N6S2. The van der Waals surface area contributed by atoms with Crippen molar-refractivity contribution in [2.75, 3.05) is 0 Å². The van der Waals surface area contributed by atoms with E-state index in [2.05, 4.69) is 304 Å². The lowest BCUT2D eigenvalue weighted by Crippen LogP contribution is -2.18.